The average Bonchev–Trinajstić information content (AvgIpc) is 2.82. The maximum atomic E-state index is 10.9. The molecule has 0 radical (unpaired) electrons. The number of ether oxygens (including phenoxy) is 2. The zero-order valence-corrected chi connectivity index (χ0v) is 9.46. The molecule has 0 aliphatic carbocycles. The quantitative estimate of drug-likeness (QED) is 0.844. The Morgan fingerprint density at radius 1 is 1.65 bits per heavy atom. The number of carbonyl (C=O) groups is 1. The van der Waals surface area contributed by atoms with Crippen LogP contribution < -0.4 is 4.74 Å². The average molecular weight is 237 g/mol. The van der Waals surface area contributed by atoms with Crippen LogP contribution in [-0.2, 0) is 4.74 Å². The number of rotatable bonds is 5. The molecule has 0 aromatic carbocycles. The first-order chi connectivity index (χ1) is 8.27. The van der Waals surface area contributed by atoms with Gasteiger partial charge in [0.2, 0.25) is 0 Å². The smallest absolute Gasteiger partial charge is 0.339 e. The first-order valence-electron chi connectivity index (χ1n) is 5.69. The number of hydrogen-bond acceptors (Lipinski definition) is 4. The molecule has 0 saturated carbocycles. The molecule has 0 spiro atoms. The van der Waals surface area contributed by atoms with Gasteiger partial charge in [-0.25, -0.2) is 4.79 Å². The van der Waals surface area contributed by atoms with Crippen molar-refractivity contribution in [3.8, 4) is 5.75 Å². The fraction of sp³-hybridized carbons (Fsp3) is 0.500. The molecular weight excluding hydrogens is 222 g/mol. The molecule has 5 nitrogen and oxygen atoms in total. The highest BCUT2D eigenvalue weighted by Crippen LogP contribution is 2.19. The van der Waals surface area contributed by atoms with Gasteiger partial charge in [0.25, 0.3) is 0 Å². The number of aromatic carboxylic acids is 1. The summed E-state index contributed by atoms with van der Waals surface area (Å²) in [6.45, 7) is 1.27. The first-order valence-corrected chi connectivity index (χ1v) is 5.69. The lowest BCUT2D eigenvalue weighted by Crippen LogP contribution is -2.12. The minimum absolute atomic E-state index is 0.146. The Labute approximate surface area is 99.4 Å². The van der Waals surface area contributed by atoms with Crippen molar-refractivity contribution in [2.75, 3.05) is 13.2 Å². The van der Waals surface area contributed by atoms with Crippen molar-refractivity contribution in [2.45, 2.75) is 25.4 Å². The molecule has 1 N–H and O–H groups in total. The monoisotopic (exact) mass is 237 g/mol. The summed E-state index contributed by atoms with van der Waals surface area (Å²) in [4.78, 5) is 14.8. The Balaban J connectivity index is 1.87. The van der Waals surface area contributed by atoms with E-state index in [1.807, 2.05) is 0 Å². The van der Waals surface area contributed by atoms with Crippen LogP contribution in [0.25, 0.3) is 0 Å². The maximum Gasteiger partial charge on any atom is 0.339 e. The summed E-state index contributed by atoms with van der Waals surface area (Å²) in [5, 5.41) is 8.94. The van der Waals surface area contributed by atoms with E-state index < -0.39 is 5.97 Å². The van der Waals surface area contributed by atoms with Gasteiger partial charge >= 0.3 is 5.97 Å². The van der Waals surface area contributed by atoms with Gasteiger partial charge in [0.05, 0.1) is 18.9 Å². The second-order valence-corrected chi connectivity index (χ2v) is 3.95. The molecular formula is C12H15NO4. The summed E-state index contributed by atoms with van der Waals surface area (Å²) < 4.78 is 10.9. The fourth-order valence-electron chi connectivity index (χ4n) is 1.84. The van der Waals surface area contributed by atoms with Gasteiger partial charge in [-0.15, -0.1) is 0 Å². The summed E-state index contributed by atoms with van der Waals surface area (Å²) >= 11 is 0. The highest BCUT2D eigenvalue weighted by molar-refractivity contribution is 5.90. The number of pyridine rings is 1. The van der Waals surface area contributed by atoms with Crippen molar-refractivity contribution >= 4 is 5.97 Å². The number of carboxylic acid groups (broad SMARTS) is 1. The molecule has 1 atom stereocenters. The van der Waals surface area contributed by atoms with E-state index in [0.717, 1.165) is 25.9 Å². The van der Waals surface area contributed by atoms with E-state index in [4.69, 9.17) is 14.6 Å². The van der Waals surface area contributed by atoms with Crippen LogP contribution in [0.5, 0.6) is 5.75 Å². The van der Waals surface area contributed by atoms with Crippen LogP contribution in [-0.4, -0.2) is 35.4 Å². The molecule has 1 unspecified atom stereocenters. The Morgan fingerprint density at radius 2 is 2.53 bits per heavy atom. The molecule has 1 aliphatic rings. The summed E-state index contributed by atoms with van der Waals surface area (Å²) in [5.41, 5.74) is 0.146. The van der Waals surface area contributed by atoms with Gasteiger partial charge in [-0.3, -0.25) is 4.98 Å². The minimum atomic E-state index is -1.00. The molecule has 2 rings (SSSR count). The number of hydrogen-bond donors (Lipinski definition) is 1. The third-order valence-electron chi connectivity index (χ3n) is 2.74. The van der Waals surface area contributed by atoms with E-state index in [2.05, 4.69) is 4.98 Å². The van der Waals surface area contributed by atoms with Gasteiger partial charge in [-0.1, -0.05) is 0 Å². The van der Waals surface area contributed by atoms with Gasteiger partial charge in [-0.05, 0) is 18.9 Å². The van der Waals surface area contributed by atoms with Crippen molar-refractivity contribution in [3.63, 3.8) is 0 Å². The number of nitrogens with zero attached hydrogens (tertiary/aromatic N) is 1. The maximum absolute atomic E-state index is 10.9. The van der Waals surface area contributed by atoms with E-state index in [1.165, 1.54) is 18.5 Å². The molecule has 1 fully saturated rings. The first kappa shape index (κ1) is 11.9. The van der Waals surface area contributed by atoms with Crippen molar-refractivity contribution in [3.05, 3.63) is 24.0 Å². The van der Waals surface area contributed by atoms with Gasteiger partial charge in [0, 0.05) is 19.2 Å². The van der Waals surface area contributed by atoms with Crippen LogP contribution in [0.15, 0.2) is 18.5 Å². The molecule has 0 amide bonds. The van der Waals surface area contributed by atoms with Crippen molar-refractivity contribution in [2.24, 2.45) is 0 Å². The molecule has 1 aliphatic heterocycles. The Bertz CT molecular complexity index is 388. The van der Waals surface area contributed by atoms with E-state index in [9.17, 15) is 4.79 Å². The highest BCUT2D eigenvalue weighted by Gasteiger charge is 2.16. The van der Waals surface area contributed by atoms with E-state index in [1.54, 1.807) is 0 Å². The van der Waals surface area contributed by atoms with Crippen molar-refractivity contribution in [1.29, 1.82) is 0 Å². The number of carboxylic acids is 1. The van der Waals surface area contributed by atoms with Crippen LogP contribution >= 0.6 is 0 Å². The normalized spacial score (nSPS) is 19.2. The topological polar surface area (TPSA) is 68.7 Å². The van der Waals surface area contributed by atoms with Crippen molar-refractivity contribution < 1.29 is 19.4 Å². The molecule has 5 heteroatoms. The Kier molecular flexibility index (Phi) is 3.93. The second kappa shape index (κ2) is 5.63. The molecule has 92 valence electrons. The highest BCUT2D eigenvalue weighted by atomic mass is 16.5. The van der Waals surface area contributed by atoms with E-state index >= 15 is 0 Å². The zero-order valence-electron chi connectivity index (χ0n) is 9.46. The molecule has 1 saturated heterocycles. The van der Waals surface area contributed by atoms with Gasteiger partial charge in [-0.2, -0.15) is 0 Å². The van der Waals surface area contributed by atoms with Crippen LogP contribution in [0, 0.1) is 0 Å². The molecule has 0 bridgehead atoms. The Morgan fingerprint density at radius 3 is 3.24 bits per heavy atom. The largest absolute Gasteiger partial charge is 0.491 e. The lowest BCUT2D eigenvalue weighted by molar-refractivity contribution is 0.0688. The van der Waals surface area contributed by atoms with Crippen LogP contribution in [0.3, 0.4) is 0 Å². The van der Waals surface area contributed by atoms with Crippen molar-refractivity contribution in [1.82, 2.24) is 4.98 Å². The molecule has 2 heterocycles. The van der Waals surface area contributed by atoms with E-state index in [0.29, 0.717) is 12.4 Å². The number of aromatic nitrogens is 1. The summed E-state index contributed by atoms with van der Waals surface area (Å²) in [6, 6.07) is 1.43. The van der Waals surface area contributed by atoms with E-state index in [-0.39, 0.29) is 11.7 Å². The standard InChI is InChI=1S/C12H15NO4/c14-12(15)10-3-5-13-8-11(10)17-7-4-9-2-1-6-16-9/h3,5,8-9H,1-2,4,6-7H2,(H,14,15). The lowest BCUT2D eigenvalue weighted by atomic mass is 10.2. The molecule has 1 aromatic rings. The summed E-state index contributed by atoms with van der Waals surface area (Å²) in [7, 11) is 0. The second-order valence-electron chi connectivity index (χ2n) is 3.95. The Hall–Kier alpha value is -1.62. The molecule has 17 heavy (non-hydrogen) atoms. The summed E-state index contributed by atoms with van der Waals surface area (Å²) in [5.74, 6) is -0.683. The van der Waals surface area contributed by atoms with Gasteiger partial charge in [0.15, 0.2) is 5.75 Å². The van der Waals surface area contributed by atoms with Crippen LogP contribution in [0.2, 0.25) is 0 Å². The lowest BCUT2D eigenvalue weighted by Gasteiger charge is -2.11. The third kappa shape index (κ3) is 3.17. The van der Waals surface area contributed by atoms with Gasteiger partial charge in [0.1, 0.15) is 5.56 Å². The van der Waals surface area contributed by atoms with Crippen LogP contribution in [0.4, 0.5) is 0 Å². The SMILES string of the molecule is O=C(O)c1ccncc1OCCC1CCCO1. The third-order valence-corrected chi connectivity index (χ3v) is 2.74. The zero-order chi connectivity index (χ0) is 12.1. The predicted molar refractivity (Wildman–Crippen MR) is 60.3 cm³/mol. The fourth-order valence-corrected chi connectivity index (χ4v) is 1.84. The predicted octanol–water partition coefficient (Wildman–Crippen LogP) is 1.73. The molecule has 1 aromatic heterocycles. The van der Waals surface area contributed by atoms with Gasteiger partial charge < -0.3 is 14.6 Å². The van der Waals surface area contributed by atoms with Crippen LogP contribution in [0.1, 0.15) is 29.6 Å². The minimum Gasteiger partial charge on any atom is -0.491 e. The summed E-state index contributed by atoms with van der Waals surface area (Å²) in [6.07, 6.45) is 6.06.